The molecule has 10 heteroatoms. The van der Waals surface area contributed by atoms with Crippen molar-refractivity contribution in [3.05, 3.63) is 68.7 Å². The minimum Gasteiger partial charge on any atom is -0.465 e. The van der Waals surface area contributed by atoms with Crippen LogP contribution in [0, 0.1) is 11.3 Å². The van der Waals surface area contributed by atoms with Crippen molar-refractivity contribution >= 4 is 41.0 Å². The Balaban J connectivity index is 0.000000283. The summed E-state index contributed by atoms with van der Waals surface area (Å²) in [4.78, 5) is 22.2. The number of nitrogens with zero attached hydrogens (tertiary/aromatic N) is 2. The second-order valence-corrected chi connectivity index (χ2v) is 5.78. The molecule has 0 saturated carbocycles. The number of carbonyl (C=O) groups is 2. The van der Waals surface area contributed by atoms with Crippen LogP contribution < -0.4 is 5.73 Å². The number of carbonyl (C=O) groups excluding carboxylic acids is 2. The number of hydrogen-bond acceptors (Lipinski definition) is 7. The number of ether oxygens (including phenoxy) is 2. The first-order valence-corrected chi connectivity index (χ1v) is 8.18. The summed E-state index contributed by atoms with van der Waals surface area (Å²) < 4.78 is 8.99. The largest absolute Gasteiger partial charge is 0.465 e. The Kier molecular flexibility index (Phi) is 8.75. The van der Waals surface area contributed by atoms with Crippen LogP contribution >= 0.6 is 23.2 Å². The highest BCUT2D eigenvalue weighted by Crippen LogP contribution is 2.19. The summed E-state index contributed by atoms with van der Waals surface area (Å²) in [5, 5.41) is 20.2. The van der Waals surface area contributed by atoms with Crippen LogP contribution in [0.15, 0.2) is 41.6 Å². The predicted molar refractivity (Wildman–Crippen MR) is 103 cm³/mol. The molecule has 146 valence electrons. The van der Waals surface area contributed by atoms with Crippen molar-refractivity contribution in [3.63, 3.8) is 0 Å². The third kappa shape index (κ3) is 5.87. The van der Waals surface area contributed by atoms with Gasteiger partial charge in [-0.1, -0.05) is 34.4 Å². The Labute approximate surface area is 170 Å². The molecule has 0 aliphatic carbocycles. The van der Waals surface area contributed by atoms with Crippen LogP contribution in [0.25, 0.3) is 0 Å². The normalized spacial score (nSPS) is 10.2. The van der Waals surface area contributed by atoms with E-state index in [0.29, 0.717) is 11.1 Å². The van der Waals surface area contributed by atoms with Crippen LogP contribution in [0.5, 0.6) is 0 Å². The molecule has 0 spiro atoms. The highest BCUT2D eigenvalue weighted by molar-refractivity contribution is 6.34. The first-order chi connectivity index (χ1) is 13.3. The van der Waals surface area contributed by atoms with E-state index in [0.717, 1.165) is 0 Å². The SMILES string of the molecule is COC(=O)c1ccc(C#N)cc1Cl.COC(=O)c1ccc(C(N)=NO)cc1Cl. The second kappa shape index (κ2) is 10.8. The number of methoxy groups -OCH3 is 2. The highest BCUT2D eigenvalue weighted by Gasteiger charge is 2.12. The van der Waals surface area contributed by atoms with Gasteiger partial charge in [-0.2, -0.15) is 5.26 Å². The molecule has 0 saturated heterocycles. The van der Waals surface area contributed by atoms with Gasteiger partial charge in [-0.05, 0) is 30.3 Å². The lowest BCUT2D eigenvalue weighted by Crippen LogP contribution is -2.13. The van der Waals surface area contributed by atoms with Crippen molar-refractivity contribution in [1.29, 1.82) is 5.26 Å². The standard InChI is InChI=1S/C9H9ClN2O3.C9H6ClNO2/c1-15-9(13)6-3-2-5(4-7(6)10)8(11)12-14;1-13-9(12)7-3-2-6(5-11)4-8(7)10/h2-4,14H,1H3,(H2,11,12);2-4H,1H3. The molecular formula is C18H15Cl2N3O5. The molecule has 0 fully saturated rings. The number of oxime groups is 1. The van der Waals surface area contributed by atoms with Crippen LogP contribution in [0.1, 0.15) is 31.8 Å². The highest BCUT2D eigenvalue weighted by atomic mass is 35.5. The Morgan fingerprint density at radius 3 is 1.93 bits per heavy atom. The van der Waals surface area contributed by atoms with Gasteiger partial charge in [0.1, 0.15) is 0 Å². The van der Waals surface area contributed by atoms with E-state index in [9.17, 15) is 9.59 Å². The number of nitrogens with two attached hydrogens (primary N) is 1. The van der Waals surface area contributed by atoms with Gasteiger partial charge in [0.05, 0.1) is 47.0 Å². The minimum atomic E-state index is -0.536. The first-order valence-electron chi connectivity index (χ1n) is 7.42. The monoisotopic (exact) mass is 423 g/mol. The lowest BCUT2D eigenvalue weighted by Gasteiger charge is -2.04. The molecule has 0 radical (unpaired) electrons. The molecule has 0 heterocycles. The number of rotatable bonds is 3. The lowest BCUT2D eigenvalue weighted by atomic mass is 10.1. The summed E-state index contributed by atoms with van der Waals surface area (Å²) in [5.74, 6) is -1.12. The van der Waals surface area contributed by atoms with Crippen LogP contribution in [0.3, 0.4) is 0 Å². The van der Waals surface area contributed by atoms with Crippen molar-refractivity contribution in [2.24, 2.45) is 10.9 Å². The van der Waals surface area contributed by atoms with Gasteiger partial charge in [-0.25, -0.2) is 9.59 Å². The van der Waals surface area contributed by atoms with E-state index in [2.05, 4.69) is 14.6 Å². The van der Waals surface area contributed by atoms with Gasteiger partial charge in [0.25, 0.3) is 0 Å². The van der Waals surface area contributed by atoms with Gasteiger partial charge < -0.3 is 20.4 Å². The van der Waals surface area contributed by atoms with Gasteiger partial charge in [0.15, 0.2) is 5.84 Å². The third-order valence-electron chi connectivity index (χ3n) is 3.28. The Morgan fingerprint density at radius 1 is 1.04 bits per heavy atom. The zero-order chi connectivity index (χ0) is 21.3. The van der Waals surface area contributed by atoms with Gasteiger partial charge in [0, 0.05) is 5.56 Å². The van der Waals surface area contributed by atoms with Crippen molar-refractivity contribution < 1.29 is 24.3 Å². The van der Waals surface area contributed by atoms with Gasteiger partial charge in [0.2, 0.25) is 0 Å². The van der Waals surface area contributed by atoms with E-state index in [1.807, 2.05) is 6.07 Å². The summed E-state index contributed by atoms with van der Waals surface area (Å²) in [6, 6.07) is 10.7. The van der Waals surface area contributed by atoms with E-state index < -0.39 is 11.9 Å². The fourth-order valence-corrected chi connectivity index (χ4v) is 2.38. The summed E-state index contributed by atoms with van der Waals surface area (Å²) in [6.45, 7) is 0. The maximum absolute atomic E-state index is 11.2. The molecule has 28 heavy (non-hydrogen) atoms. The molecule has 8 nitrogen and oxygen atoms in total. The molecule has 0 atom stereocenters. The van der Waals surface area contributed by atoms with E-state index in [4.69, 9.17) is 39.4 Å². The molecular weight excluding hydrogens is 409 g/mol. The molecule has 0 aliphatic rings. The number of esters is 2. The van der Waals surface area contributed by atoms with Gasteiger partial charge in [-0.15, -0.1) is 0 Å². The van der Waals surface area contributed by atoms with Crippen molar-refractivity contribution in [2.45, 2.75) is 0 Å². The maximum atomic E-state index is 11.2. The predicted octanol–water partition coefficient (Wildman–Crippen LogP) is 3.22. The number of amidine groups is 1. The fourth-order valence-electron chi connectivity index (χ4n) is 1.87. The molecule has 3 N–H and O–H groups in total. The number of nitriles is 1. The fraction of sp³-hybridized carbons (Fsp3) is 0.111. The second-order valence-electron chi connectivity index (χ2n) is 4.97. The van der Waals surface area contributed by atoms with Crippen molar-refractivity contribution in [1.82, 2.24) is 0 Å². The minimum absolute atomic E-state index is 0.0756. The zero-order valence-corrected chi connectivity index (χ0v) is 16.3. The molecule has 2 aromatic carbocycles. The topological polar surface area (TPSA) is 135 Å². The Bertz CT molecular complexity index is 955. The number of benzene rings is 2. The zero-order valence-electron chi connectivity index (χ0n) is 14.8. The maximum Gasteiger partial charge on any atom is 0.339 e. The quantitative estimate of drug-likeness (QED) is 0.254. The van der Waals surface area contributed by atoms with E-state index in [1.54, 1.807) is 0 Å². The molecule has 0 aliphatic heterocycles. The number of hydrogen-bond donors (Lipinski definition) is 2. The molecule has 0 aromatic heterocycles. The summed E-state index contributed by atoms with van der Waals surface area (Å²) in [6.07, 6.45) is 0. The summed E-state index contributed by atoms with van der Waals surface area (Å²) in [5.41, 5.74) is 6.68. The smallest absolute Gasteiger partial charge is 0.339 e. The third-order valence-corrected chi connectivity index (χ3v) is 3.91. The van der Waals surface area contributed by atoms with Crippen LogP contribution in [-0.4, -0.2) is 37.2 Å². The first kappa shape index (κ1) is 22.8. The molecule has 0 amide bonds. The average Bonchev–Trinajstić information content (AvgIpc) is 2.72. The summed E-state index contributed by atoms with van der Waals surface area (Å²) >= 11 is 11.5. The van der Waals surface area contributed by atoms with Crippen molar-refractivity contribution in [2.75, 3.05) is 14.2 Å². The van der Waals surface area contributed by atoms with Crippen molar-refractivity contribution in [3.8, 4) is 6.07 Å². The molecule has 0 bridgehead atoms. The molecule has 0 unspecified atom stereocenters. The Morgan fingerprint density at radius 2 is 1.54 bits per heavy atom. The number of halogens is 2. The van der Waals surface area contributed by atoms with Crippen LogP contribution in [0.4, 0.5) is 0 Å². The van der Waals surface area contributed by atoms with E-state index >= 15 is 0 Å². The van der Waals surface area contributed by atoms with E-state index in [1.165, 1.54) is 50.6 Å². The van der Waals surface area contributed by atoms with E-state index in [-0.39, 0.29) is 27.0 Å². The van der Waals surface area contributed by atoms with Crippen LogP contribution in [0.2, 0.25) is 10.0 Å². The van der Waals surface area contributed by atoms with Gasteiger partial charge in [-0.3, -0.25) is 0 Å². The average molecular weight is 424 g/mol. The molecule has 2 aromatic rings. The lowest BCUT2D eigenvalue weighted by molar-refractivity contribution is 0.0592. The molecule has 2 rings (SSSR count). The van der Waals surface area contributed by atoms with Gasteiger partial charge >= 0.3 is 11.9 Å². The Hall–Kier alpha value is -3.28. The summed E-state index contributed by atoms with van der Waals surface area (Å²) in [7, 11) is 2.53. The van der Waals surface area contributed by atoms with Crippen LogP contribution in [-0.2, 0) is 9.47 Å².